The van der Waals surface area contributed by atoms with Gasteiger partial charge in [-0.25, -0.2) is 9.37 Å². The molecule has 0 bridgehead atoms. The average Bonchev–Trinajstić information content (AvgIpc) is 3.01. The van der Waals surface area contributed by atoms with Crippen molar-refractivity contribution in [2.24, 2.45) is 0 Å². The van der Waals surface area contributed by atoms with E-state index in [2.05, 4.69) is 18.4 Å². The second-order valence-corrected chi connectivity index (χ2v) is 5.95. The summed E-state index contributed by atoms with van der Waals surface area (Å²) in [4.78, 5) is 4.75. The lowest BCUT2D eigenvalue weighted by molar-refractivity contribution is 0.176. The number of ether oxygens (including phenoxy) is 2. The predicted octanol–water partition coefficient (Wildman–Crippen LogP) is 4.56. The summed E-state index contributed by atoms with van der Waals surface area (Å²) >= 11 is 0. The van der Waals surface area contributed by atoms with Crippen molar-refractivity contribution in [2.45, 2.75) is 46.1 Å². The van der Waals surface area contributed by atoms with E-state index in [4.69, 9.17) is 14.5 Å². The number of halogens is 1. The first-order valence-corrected chi connectivity index (χ1v) is 8.46. The molecule has 132 valence electrons. The summed E-state index contributed by atoms with van der Waals surface area (Å²) < 4.78 is 26.6. The summed E-state index contributed by atoms with van der Waals surface area (Å²) in [6.45, 7) is 6.92. The first-order chi connectivity index (χ1) is 11.5. The number of imidazole rings is 1. The molecule has 0 amide bonds. The van der Waals surface area contributed by atoms with Crippen LogP contribution < -0.4 is 4.74 Å². The fraction of sp³-hybridized carbons (Fsp3) is 0.526. The summed E-state index contributed by atoms with van der Waals surface area (Å²) in [5.74, 6) is 0.915. The summed E-state index contributed by atoms with van der Waals surface area (Å²) in [6.07, 6.45) is 4.81. The van der Waals surface area contributed by atoms with Crippen LogP contribution in [0.3, 0.4) is 0 Å². The molecule has 0 aliphatic carbocycles. The molecule has 0 spiro atoms. The summed E-state index contributed by atoms with van der Waals surface area (Å²) in [7, 11) is 3.19. The molecule has 0 saturated carbocycles. The van der Waals surface area contributed by atoms with Crippen LogP contribution in [0.2, 0.25) is 0 Å². The Morgan fingerprint density at radius 1 is 1.25 bits per heavy atom. The highest BCUT2D eigenvalue weighted by Gasteiger charge is 2.18. The van der Waals surface area contributed by atoms with Gasteiger partial charge in [0, 0.05) is 37.9 Å². The van der Waals surface area contributed by atoms with Crippen molar-refractivity contribution < 1.29 is 13.9 Å². The maximum atomic E-state index is 14.1. The van der Waals surface area contributed by atoms with E-state index < -0.39 is 0 Å². The van der Waals surface area contributed by atoms with Crippen LogP contribution in [0.5, 0.6) is 5.75 Å². The number of aryl methyl sites for hydroxylation is 2. The molecule has 4 nitrogen and oxygen atoms in total. The number of rotatable bonds is 8. The molecular weight excluding hydrogens is 307 g/mol. The van der Waals surface area contributed by atoms with E-state index in [1.54, 1.807) is 13.2 Å². The normalized spacial score (nSPS) is 12.4. The third-order valence-electron chi connectivity index (χ3n) is 4.42. The molecule has 2 aromatic rings. The monoisotopic (exact) mass is 334 g/mol. The lowest BCUT2D eigenvalue weighted by Crippen LogP contribution is -2.12. The molecule has 1 aromatic carbocycles. The van der Waals surface area contributed by atoms with Gasteiger partial charge in [0.25, 0.3) is 0 Å². The van der Waals surface area contributed by atoms with Crippen molar-refractivity contribution in [2.75, 3.05) is 20.8 Å². The maximum absolute atomic E-state index is 14.1. The number of aromatic nitrogens is 2. The Labute approximate surface area is 143 Å². The van der Waals surface area contributed by atoms with E-state index in [-0.39, 0.29) is 11.6 Å². The van der Waals surface area contributed by atoms with Gasteiger partial charge in [-0.05, 0) is 37.5 Å². The minimum atomic E-state index is -0.364. The largest absolute Gasteiger partial charge is 0.494 e. The quantitative estimate of drug-likeness (QED) is 0.710. The van der Waals surface area contributed by atoms with Crippen LogP contribution >= 0.6 is 0 Å². The van der Waals surface area contributed by atoms with Gasteiger partial charge in [-0.15, -0.1) is 0 Å². The highest BCUT2D eigenvalue weighted by atomic mass is 19.1. The summed E-state index contributed by atoms with van der Waals surface area (Å²) in [6, 6.07) is 3.57. The lowest BCUT2D eigenvalue weighted by Gasteiger charge is -2.18. The second-order valence-electron chi connectivity index (χ2n) is 5.95. The van der Waals surface area contributed by atoms with Gasteiger partial charge in [0.15, 0.2) is 11.6 Å². The smallest absolute Gasteiger partial charge is 0.165 e. The van der Waals surface area contributed by atoms with E-state index in [0.717, 1.165) is 41.9 Å². The van der Waals surface area contributed by atoms with Crippen molar-refractivity contribution in [1.82, 2.24) is 9.55 Å². The van der Waals surface area contributed by atoms with Gasteiger partial charge in [-0.3, -0.25) is 0 Å². The van der Waals surface area contributed by atoms with Gasteiger partial charge >= 0.3 is 0 Å². The zero-order chi connectivity index (χ0) is 17.7. The summed E-state index contributed by atoms with van der Waals surface area (Å²) in [5, 5.41) is 0. The van der Waals surface area contributed by atoms with E-state index >= 15 is 0 Å². The molecule has 0 aliphatic rings. The molecule has 0 fully saturated rings. The Morgan fingerprint density at radius 3 is 2.58 bits per heavy atom. The standard InChI is InChI=1S/C19H27FN2O2/c1-6-14(8-9-23-4)22-12-17(21-19(22)7-2)15-11-16(20)18(24-5)10-13(15)3/h10-12,14H,6-9H2,1-5H3. The van der Waals surface area contributed by atoms with Gasteiger partial charge in [-0.2, -0.15) is 0 Å². The van der Waals surface area contributed by atoms with Crippen LogP contribution in [0.15, 0.2) is 18.3 Å². The molecule has 5 heteroatoms. The number of hydrogen-bond acceptors (Lipinski definition) is 3. The van der Waals surface area contributed by atoms with Crippen molar-refractivity contribution in [3.8, 4) is 17.0 Å². The molecule has 0 aliphatic heterocycles. The third kappa shape index (κ3) is 3.78. The maximum Gasteiger partial charge on any atom is 0.165 e. The van der Waals surface area contributed by atoms with Crippen LogP contribution in [0, 0.1) is 12.7 Å². The van der Waals surface area contributed by atoms with E-state index in [1.807, 2.05) is 13.1 Å². The number of nitrogens with zero attached hydrogens (tertiary/aromatic N) is 2. The van der Waals surface area contributed by atoms with Crippen molar-refractivity contribution in [3.05, 3.63) is 35.5 Å². The molecule has 0 N–H and O–H groups in total. The van der Waals surface area contributed by atoms with Gasteiger partial charge in [0.05, 0.1) is 12.8 Å². The Morgan fingerprint density at radius 2 is 2.00 bits per heavy atom. The zero-order valence-electron chi connectivity index (χ0n) is 15.2. The molecule has 2 rings (SSSR count). The molecule has 0 radical (unpaired) electrons. The van der Waals surface area contributed by atoms with Gasteiger partial charge in [0.2, 0.25) is 0 Å². The average molecular weight is 334 g/mol. The first kappa shape index (κ1) is 18.5. The van der Waals surface area contributed by atoms with Crippen LogP contribution in [-0.4, -0.2) is 30.4 Å². The van der Waals surface area contributed by atoms with Crippen molar-refractivity contribution in [1.29, 1.82) is 0 Å². The highest BCUT2D eigenvalue weighted by Crippen LogP contribution is 2.31. The Hall–Kier alpha value is -1.88. The number of benzene rings is 1. The molecule has 24 heavy (non-hydrogen) atoms. The summed E-state index contributed by atoms with van der Waals surface area (Å²) in [5.41, 5.74) is 2.57. The molecule has 1 unspecified atom stereocenters. The predicted molar refractivity (Wildman–Crippen MR) is 94.1 cm³/mol. The molecule has 1 aromatic heterocycles. The van der Waals surface area contributed by atoms with Gasteiger partial charge in [0.1, 0.15) is 5.82 Å². The topological polar surface area (TPSA) is 36.3 Å². The van der Waals surface area contributed by atoms with E-state index in [9.17, 15) is 4.39 Å². The first-order valence-electron chi connectivity index (χ1n) is 8.46. The Balaban J connectivity index is 2.44. The number of methoxy groups -OCH3 is 2. The Kier molecular flexibility index (Phi) is 6.37. The van der Waals surface area contributed by atoms with Crippen LogP contribution in [0.25, 0.3) is 11.3 Å². The van der Waals surface area contributed by atoms with E-state index in [0.29, 0.717) is 12.6 Å². The van der Waals surface area contributed by atoms with Crippen molar-refractivity contribution >= 4 is 0 Å². The van der Waals surface area contributed by atoms with Crippen LogP contribution in [0.4, 0.5) is 4.39 Å². The molecular formula is C19H27FN2O2. The van der Waals surface area contributed by atoms with Gasteiger partial charge < -0.3 is 14.0 Å². The third-order valence-corrected chi connectivity index (χ3v) is 4.42. The fourth-order valence-electron chi connectivity index (χ4n) is 3.02. The Bertz CT molecular complexity index is 682. The molecule has 0 saturated heterocycles. The van der Waals surface area contributed by atoms with Crippen LogP contribution in [-0.2, 0) is 11.2 Å². The molecule has 1 atom stereocenters. The van der Waals surface area contributed by atoms with Gasteiger partial charge in [-0.1, -0.05) is 13.8 Å². The highest BCUT2D eigenvalue weighted by molar-refractivity contribution is 5.64. The SMILES string of the molecule is CCc1nc(-c2cc(F)c(OC)cc2C)cn1C(CC)CCOC. The fourth-order valence-corrected chi connectivity index (χ4v) is 3.02. The van der Waals surface area contributed by atoms with E-state index in [1.165, 1.54) is 13.2 Å². The minimum Gasteiger partial charge on any atom is -0.494 e. The molecule has 1 heterocycles. The minimum absolute atomic E-state index is 0.262. The lowest BCUT2D eigenvalue weighted by atomic mass is 10.1. The van der Waals surface area contributed by atoms with Crippen molar-refractivity contribution in [3.63, 3.8) is 0 Å². The van der Waals surface area contributed by atoms with Crippen LogP contribution in [0.1, 0.15) is 44.1 Å². The zero-order valence-corrected chi connectivity index (χ0v) is 15.2. The number of hydrogen-bond donors (Lipinski definition) is 0. The second kappa shape index (κ2) is 8.29.